The minimum Gasteiger partial charge on any atom is -0.322 e. The van der Waals surface area contributed by atoms with Gasteiger partial charge in [0.1, 0.15) is 0 Å². The van der Waals surface area contributed by atoms with Gasteiger partial charge in [-0.15, -0.1) is 0 Å². The van der Waals surface area contributed by atoms with Crippen LogP contribution < -0.4 is 10.0 Å². The first-order valence-electron chi connectivity index (χ1n) is 11.2. The van der Waals surface area contributed by atoms with Gasteiger partial charge in [0.15, 0.2) is 0 Å². The molecule has 0 aliphatic carbocycles. The fraction of sp³-hybridized carbons (Fsp3) is 0.269. The lowest BCUT2D eigenvalue weighted by Gasteiger charge is -2.26. The van der Waals surface area contributed by atoms with Crippen LogP contribution in [0.3, 0.4) is 0 Å². The molecule has 0 bridgehead atoms. The molecule has 1 saturated heterocycles. The summed E-state index contributed by atoms with van der Waals surface area (Å²) in [6.45, 7) is 6.95. The van der Waals surface area contributed by atoms with Gasteiger partial charge in [0.25, 0.3) is 15.9 Å². The number of sulfonamides is 1. The molecule has 0 aromatic heterocycles. The minimum atomic E-state index is -3.75. The minimum absolute atomic E-state index is 0.101. The zero-order chi connectivity index (χ0) is 24.1. The van der Waals surface area contributed by atoms with Gasteiger partial charge in [-0.1, -0.05) is 30.3 Å². The average Bonchev–Trinajstić information content (AvgIpc) is 2.83. The Kier molecular flexibility index (Phi) is 7.60. The van der Waals surface area contributed by atoms with E-state index in [4.69, 9.17) is 0 Å². The number of para-hydroxylation sites is 1. The third-order valence-corrected chi connectivity index (χ3v) is 8.19. The van der Waals surface area contributed by atoms with Crippen molar-refractivity contribution >= 4 is 39.1 Å². The molecular formula is C26H29N3O3S2. The first-order valence-corrected chi connectivity index (χ1v) is 13.8. The molecule has 0 atom stereocenters. The molecule has 4 rings (SSSR count). The maximum Gasteiger partial charge on any atom is 0.261 e. The molecule has 3 aromatic rings. The van der Waals surface area contributed by atoms with Crippen molar-refractivity contribution in [2.75, 3.05) is 34.6 Å². The summed E-state index contributed by atoms with van der Waals surface area (Å²) in [6.07, 6.45) is 0. The molecule has 34 heavy (non-hydrogen) atoms. The van der Waals surface area contributed by atoms with Crippen LogP contribution in [0.25, 0.3) is 0 Å². The predicted molar refractivity (Wildman–Crippen MR) is 140 cm³/mol. The highest BCUT2D eigenvalue weighted by atomic mass is 32.2. The van der Waals surface area contributed by atoms with E-state index in [1.54, 1.807) is 12.1 Å². The van der Waals surface area contributed by atoms with Gasteiger partial charge in [0, 0.05) is 42.4 Å². The summed E-state index contributed by atoms with van der Waals surface area (Å²) in [4.78, 5) is 15.3. The average molecular weight is 496 g/mol. The van der Waals surface area contributed by atoms with Gasteiger partial charge in [0.05, 0.1) is 10.6 Å². The van der Waals surface area contributed by atoms with Crippen molar-refractivity contribution in [2.45, 2.75) is 25.3 Å². The summed E-state index contributed by atoms with van der Waals surface area (Å²) in [7, 11) is -3.75. The monoisotopic (exact) mass is 495 g/mol. The Labute approximate surface area is 205 Å². The third-order valence-electron chi connectivity index (χ3n) is 5.87. The van der Waals surface area contributed by atoms with Crippen molar-refractivity contribution < 1.29 is 13.2 Å². The number of thioether (sulfide) groups is 1. The van der Waals surface area contributed by atoms with E-state index in [0.29, 0.717) is 11.3 Å². The molecule has 178 valence electrons. The van der Waals surface area contributed by atoms with Crippen LogP contribution >= 0.6 is 11.8 Å². The summed E-state index contributed by atoms with van der Waals surface area (Å²) in [5, 5.41) is 2.94. The molecule has 0 spiro atoms. The second-order valence-corrected chi connectivity index (χ2v) is 11.3. The zero-order valence-corrected chi connectivity index (χ0v) is 21.0. The normalized spacial score (nSPS) is 14.5. The van der Waals surface area contributed by atoms with Crippen LogP contribution in [-0.4, -0.2) is 43.8 Å². The van der Waals surface area contributed by atoms with E-state index in [1.807, 2.05) is 43.8 Å². The number of anilines is 2. The molecule has 6 nitrogen and oxygen atoms in total. The Bertz CT molecular complexity index is 1270. The second kappa shape index (κ2) is 10.6. The summed E-state index contributed by atoms with van der Waals surface area (Å²) >= 11 is 2.00. The summed E-state index contributed by atoms with van der Waals surface area (Å²) in [5.41, 5.74) is 4.74. The zero-order valence-electron chi connectivity index (χ0n) is 19.4. The number of carbonyl (C=O) groups excluding carboxylic acids is 1. The number of benzene rings is 3. The van der Waals surface area contributed by atoms with Gasteiger partial charge in [-0.2, -0.15) is 11.8 Å². The molecule has 1 aliphatic heterocycles. The van der Waals surface area contributed by atoms with E-state index < -0.39 is 10.0 Å². The van der Waals surface area contributed by atoms with E-state index in [9.17, 15) is 13.2 Å². The maximum atomic E-state index is 12.8. The van der Waals surface area contributed by atoms with Crippen LogP contribution in [0.15, 0.2) is 71.6 Å². The van der Waals surface area contributed by atoms with Crippen LogP contribution in [0.4, 0.5) is 11.4 Å². The Hall–Kier alpha value is -2.81. The smallest absolute Gasteiger partial charge is 0.261 e. The molecule has 0 saturated carbocycles. The molecular weight excluding hydrogens is 466 g/mol. The van der Waals surface area contributed by atoms with Crippen molar-refractivity contribution in [3.63, 3.8) is 0 Å². The van der Waals surface area contributed by atoms with Gasteiger partial charge in [-0.25, -0.2) is 8.42 Å². The molecule has 3 aromatic carbocycles. The Balaban J connectivity index is 1.41. The van der Waals surface area contributed by atoms with Crippen LogP contribution in [0.2, 0.25) is 0 Å². The topological polar surface area (TPSA) is 78.5 Å². The molecule has 2 N–H and O–H groups in total. The van der Waals surface area contributed by atoms with Crippen molar-refractivity contribution in [2.24, 2.45) is 0 Å². The van der Waals surface area contributed by atoms with Crippen molar-refractivity contribution in [3.8, 4) is 0 Å². The van der Waals surface area contributed by atoms with Crippen LogP contribution in [0.1, 0.15) is 27.0 Å². The fourth-order valence-corrected chi connectivity index (χ4v) is 5.96. The van der Waals surface area contributed by atoms with Crippen LogP contribution in [0, 0.1) is 13.8 Å². The number of hydrogen-bond donors (Lipinski definition) is 2. The van der Waals surface area contributed by atoms with Crippen molar-refractivity contribution in [1.29, 1.82) is 0 Å². The highest BCUT2D eigenvalue weighted by molar-refractivity contribution is 7.99. The first kappa shape index (κ1) is 24.3. The van der Waals surface area contributed by atoms with Crippen molar-refractivity contribution in [3.05, 3.63) is 89.0 Å². The number of aryl methyl sites for hydroxylation is 2. The van der Waals surface area contributed by atoms with Gasteiger partial charge < -0.3 is 5.32 Å². The van der Waals surface area contributed by atoms with Crippen LogP contribution in [0.5, 0.6) is 0 Å². The summed E-state index contributed by atoms with van der Waals surface area (Å²) < 4.78 is 28.1. The summed E-state index contributed by atoms with van der Waals surface area (Å²) in [5.74, 6) is 2.07. The van der Waals surface area contributed by atoms with Gasteiger partial charge in [-0.05, 0) is 66.9 Å². The number of hydrogen-bond acceptors (Lipinski definition) is 5. The summed E-state index contributed by atoms with van der Waals surface area (Å²) in [6, 6.07) is 19.2. The number of rotatable bonds is 7. The lowest BCUT2D eigenvalue weighted by Crippen LogP contribution is -2.31. The lowest BCUT2D eigenvalue weighted by atomic mass is 10.1. The predicted octanol–water partition coefficient (Wildman–Crippen LogP) is 4.91. The molecule has 1 heterocycles. The van der Waals surface area contributed by atoms with Gasteiger partial charge in [-0.3, -0.25) is 14.4 Å². The SMILES string of the molecule is Cc1cc(CN2CCSCC2)ccc1NC(=O)c1ccc(S(=O)(=O)Nc2ccccc2C)cc1. The molecule has 1 aliphatic rings. The van der Waals surface area contributed by atoms with Gasteiger partial charge >= 0.3 is 0 Å². The molecule has 1 fully saturated rings. The maximum absolute atomic E-state index is 12.8. The Morgan fingerprint density at radius 3 is 2.29 bits per heavy atom. The molecule has 0 radical (unpaired) electrons. The van der Waals surface area contributed by atoms with Crippen LogP contribution in [-0.2, 0) is 16.6 Å². The largest absolute Gasteiger partial charge is 0.322 e. The number of nitrogens with one attached hydrogen (secondary N) is 2. The number of carbonyl (C=O) groups is 1. The molecule has 8 heteroatoms. The Morgan fingerprint density at radius 1 is 0.912 bits per heavy atom. The fourth-order valence-electron chi connectivity index (χ4n) is 3.85. The highest BCUT2D eigenvalue weighted by Crippen LogP contribution is 2.22. The lowest BCUT2D eigenvalue weighted by molar-refractivity contribution is 0.102. The number of nitrogens with zero attached hydrogens (tertiary/aromatic N) is 1. The van der Waals surface area contributed by atoms with Crippen molar-refractivity contribution in [1.82, 2.24) is 4.90 Å². The number of amides is 1. The molecule has 1 amide bonds. The molecule has 0 unspecified atom stereocenters. The van der Waals surface area contributed by atoms with E-state index in [2.05, 4.69) is 27.1 Å². The third kappa shape index (κ3) is 6.00. The van der Waals surface area contributed by atoms with E-state index in [0.717, 1.165) is 36.4 Å². The quantitative estimate of drug-likeness (QED) is 0.487. The van der Waals surface area contributed by atoms with E-state index in [-0.39, 0.29) is 10.8 Å². The van der Waals surface area contributed by atoms with Gasteiger partial charge in [0.2, 0.25) is 0 Å². The van der Waals surface area contributed by atoms with E-state index >= 15 is 0 Å². The second-order valence-electron chi connectivity index (χ2n) is 8.44. The van der Waals surface area contributed by atoms with E-state index in [1.165, 1.54) is 41.3 Å². The first-order chi connectivity index (χ1) is 16.3. The Morgan fingerprint density at radius 2 is 1.62 bits per heavy atom. The highest BCUT2D eigenvalue weighted by Gasteiger charge is 2.17. The standard InChI is InChI=1S/C26H29N3O3S2/c1-19-5-3-4-6-25(19)28-34(31,32)23-10-8-22(9-11-23)26(30)27-24-12-7-21(17-20(24)2)18-29-13-15-33-16-14-29/h3-12,17,28H,13-16,18H2,1-2H3,(H,27,30).